The number of rotatable bonds is 5. The molecule has 22 heavy (non-hydrogen) atoms. The van der Waals surface area contributed by atoms with Crippen LogP contribution in [0.3, 0.4) is 0 Å². The molecule has 6 heteroatoms. The van der Waals surface area contributed by atoms with Crippen LogP contribution in [0.1, 0.15) is 24.0 Å². The molecule has 3 rings (SSSR count). The molecule has 1 unspecified atom stereocenters. The highest BCUT2D eigenvalue weighted by molar-refractivity contribution is 5.70. The summed E-state index contributed by atoms with van der Waals surface area (Å²) < 4.78 is 18.3. The average molecular weight is 301 g/mol. The molecule has 0 saturated heterocycles. The normalized spacial score (nSPS) is 14.1. The number of oxazole rings is 1. The summed E-state index contributed by atoms with van der Waals surface area (Å²) in [6.45, 7) is 0. The summed E-state index contributed by atoms with van der Waals surface area (Å²) in [4.78, 5) is 8.14. The van der Waals surface area contributed by atoms with Crippen molar-refractivity contribution in [3.8, 4) is 0 Å². The lowest BCUT2D eigenvalue weighted by molar-refractivity contribution is 0.114. The van der Waals surface area contributed by atoms with E-state index in [1.54, 1.807) is 30.6 Å². The molecule has 0 saturated carbocycles. The molecule has 0 amide bonds. The Morgan fingerprint density at radius 3 is 2.73 bits per heavy atom. The number of benzene rings is 1. The second kappa shape index (κ2) is 6.21. The van der Waals surface area contributed by atoms with Gasteiger partial charge < -0.3 is 15.3 Å². The Balaban J connectivity index is 1.66. The molecule has 2 aromatic heterocycles. The molecule has 0 radical (unpaired) electrons. The van der Waals surface area contributed by atoms with E-state index >= 15 is 0 Å². The third-order valence-electron chi connectivity index (χ3n) is 3.54. The largest absolute Gasteiger partial charge is 0.438 e. The van der Waals surface area contributed by atoms with E-state index in [0.29, 0.717) is 23.9 Å². The second-order valence-corrected chi connectivity index (χ2v) is 5.17. The van der Waals surface area contributed by atoms with E-state index in [1.165, 1.54) is 12.1 Å². The zero-order valence-corrected chi connectivity index (χ0v) is 11.8. The number of hydrogen-bond donors (Lipinski definition) is 2. The first kappa shape index (κ1) is 14.6. The fourth-order valence-electron chi connectivity index (χ4n) is 2.25. The van der Waals surface area contributed by atoms with Crippen LogP contribution in [0, 0.1) is 5.82 Å². The third-order valence-corrected chi connectivity index (χ3v) is 3.54. The molecule has 5 nitrogen and oxygen atoms in total. The molecule has 1 aromatic carbocycles. The van der Waals surface area contributed by atoms with Crippen molar-refractivity contribution in [2.24, 2.45) is 5.73 Å². The number of nitrogens with two attached hydrogens (primary N) is 1. The van der Waals surface area contributed by atoms with Gasteiger partial charge in [0.2, 0.25) is 5.89 Å². The summed E-state index contributed by atoms with van der Waals surface area (Å²) >= 11 is 0. The third kappa shape index (κ3) is 3.13. The van der Waals surface area contributed by atoms with E-state index in [1.807, 2.05) is 0 Å². The van der Waals surface area contributed by atoms with Crippen molar-refractivity contribution in [2.45, 2.75) is 25.0 Å². The Morgan fingerprint density at radius 1 is 1.23 bits per heavy atom. The summed E-state index contributed by atoms with van der Waals surface area (Å²) in [5, 5.41) is 10.3. The van der Waals surface area contributed by atoms with Crippen LogP contribution in [-0.4, -0.2) is 21.1 Å². The van der Waals surface area contributed by atoms with Crippen molar-refractivity contribution in [3.63, 3.8) is 0 Å². The number of nitrogens with zero attached hydrogens (tertiary/aromatic N) is 2. The summed E-state index contributed by atoms with van der Waals surface area (Å²) in [5.41, 5.74) is 8.12. The van der Waals surface area contributed by atoms with E-state index in [0.717, 1.165) is 5.56 Å². The van der Waals surface area contributed by atoms with Gasteiger partial charge in [-0.3, -0.25) is 4.98 Å². The van der Waals surface area contributed by atoms with Crippen LogP contribution in [-0.2, 0) is 6.42 Å². The number of aliphatic hydroxyl groups is 1. The van der Waals surface area contributed by atoms with Crippen molar-refractivity contribution in [3.05, 3.63) is 60.0 Å². The molecule has 3 aromatic rings. The fourth-order valence-corrected chi connectivity index (χ4v) is 2.25. The van der Waals surface area contributed by atoms with Gasteiger partial charge in [-0.05, 0) is 30.5 Å². The van der Waals surface area contributed by atoms with E-state index < -0.39 is 12.1 Å². The number of pyridine rings is 1. The maximum atomic E-state index is 12.8. The van der Waals surface area contributed by atoms with E-state index in [4.69, 9.17) is 10.2 Å². The molecular formula is C16H16FN3O2. The highest BCUT2D eigenvalue weighted by Gasteiger charge is 2.22. The van der Waals surface area contributed by atoms with Crippen molar-refractivity contribution in [2.75, 3.05) is 0 Å². The van der Waals surface area contributed by atoms with Crippen LogP contribution in [0.15, 0.2) is 47.1 Å². The minimum absolute atomic E-state index is 0.189. The number of aryl methyl sites for hydroxylation is 1. The van der Waals surface area contributed by atoms with Gasteiger partial charge in [-0.2, -0.15) is 0 Å². The fraction of sp³-hybridized carbons (Fsp3) is 0.250. The van der Waals surface area contributed by atoms with Gasteiger partial charge in [-0.15, -0.1) is 0 Å². The molecular weight excluding hydrogens is 285 g/mol. The minimum atomic E-state index is -0.993. The average Bonchev–Trinajstić information content (AvgIpc) is 2.97. The second-order valence-electron chi connectivity index (χ2n) is 5.17. The Hall–Kier alpha value is -2.31. The lowest BCUT2D eigenvalue weighted by atomic mass is 10.0. The van der Waals surface area contributed by atoms with Gasteiger partial charge in [-0.25, -0.2) is 9.37 Å². The van der Waals surface area contributed by atoms with Crippen molar-refractivity contribution >= 4 is 11.1 Å². The van der Waals surface area contributed by atoms with Gasteiger partial charge in [0.1, 0.15) is 17.4 Å². The molecule has 0 spiro atoms. The monoisotopic (exact) mass is 301 g/mol. The van der Waals surface area contributed by atoms with Crippen LogP contribution in [0.25, 0.3) is 11.1 Å². The summed E-state index contributed by atoms with van der Waals surface area (Å²) in [7, 11) is 0. The predicted octanol–water partition coefficient (Wildman–Crippen LogP) is 2.36. The molecule has 0 aliphatic carbocycles. The predicted molar refractivity (Wildman–Crippen MR) is 79.5 cm³/mol. The first-order valence-electron chi connectivity index (χ1n) is 7.02. The molecule has 0 bridgehead atoms. The van der Waals surface area contributed by atoms with Gasteiger partial charge in [0.05, 0.1) is 6.20 Å². The smallest absolute Gasteiger partial charge is 0.226 e. The van der Waals surface area contributed by atoms with E-state index in [2.05, 4.69) is 9.97 Å². The quantitative estimate of drug-likeness (QED) is 0.755. The Kier molecular flexibility index (Phi) is 4.13. The van der Waals surface area contributed by atoms with Crippen LogP contribution < -0.4 is 5.73 Å². The highest BCUT2D eigenvalue weighted by Crippen LogP contribution is 2.22. The van der Waals surface area contributed by atoms with Gasteiger partial charge in [0.15, 0.2) is 5.58 Å². The molecule has 0 aliphatic heterocycles. The number of hydrogen-bond acceptors (Lipinski definition) is 5. The summed E-state index contributed by atoms with van der Waals surface area (Å²) in [5.74, 6) is -0.0808. The van der Waals surface area contributed by atoms with Gasteiger partial charge in [-0.1, -0.05) is 12.1 Å². The number of halogens is 1. The van der Waals surface area contributed by atoms with Gasteiger partial charge >= 0.3 is 0 Å². The van der Waals surface area contributed by atoms with Crippen molar-refractivity contribution < 1.29 is 13.9 Å². The standard InChI is InChI=1S/C16H16FN3O2/c17-11-4-1-10(2-5-11)3-6-12(18)15(21)16-20-13-9-19-8-7-14(13)22-16/h1-2,4-5,7-9,12,15,21H,3,6,18H2/t12-,15?/m1/s1. The Bertz CT molecular complexity index is 724. The number of fused-ring (bicyclic) bond motifs is 1. The highest BCUT2D eigenvalue weighted by atomic mass is 19.1. The number of aromatic nitrogens is 2. The summed E-state index contributed by atoms with van der Waals surface area (Å²) in [6, 6.07) is 7.39. The van der Waals surface area contributed by atoms with Crippen LogP contribution in [0.4, 0.5) is 4.39 Å². The van der Waals surface area contributed by atoms with Crippen LogP contribution in [0.5, 0.6) is 0 Å². The Morgan fingerprint density at radius 2 is 2.00 bits per heavy atom. The SMILES string of the molecule is N[C@H](CCc1ccc(F)cc1)C(O)c1nc2cnccc2o1. The molecule has 0 fully saturated rings. The summed E-state index contributed by atoms with van der Waals surface area (Å²) in [6.07, 6.45) is 3.34. The van der Waals surface area contributed by atoms with Crippen molar-refractivity contribution in [1.82, 2.24) is 9.97 Å². The topological polar surface area (TPSA) is 85.2 Å². The number of aliphatic hydroxyl groups excluding tert-OH is 1. The Labute approximate surface area is 126 Å². The maximum Gasteiger partial charge on any atom is 0.226 e. The minimum Gasteiger partial charge on any atom is -0.438 e. The van der Waals surface area contributed by atoms with Crippen LogP contribution in [0.2, 0.25) is 0 Å². The van der Waals surface area contributed by atoms with E-state index in [9.17, 15) is 9.50 Å². The molecule has 0 aliphatic rings. The molecule has 3 N–H and O–H groups in total. The molecule has 2 atom stereocenters. The van der Waals surface area contributed by atoms with Crippen molar-refractivity contribution in [1.29, 1.82) is 0 Å². The zero-order valence-electron chi connectivity index (χ0n) is 11.8. The maximum absolute atomic E-state index is 12.8. The van der Waals surface area contributed by atoms with Gasteiger partial charge in [0.25, 0.3) is 0 Å². The zero-order chi connectivity index (χ0) is 15.5. The van der Waals surface area contributed by atoms with E-state index in [-0.39, 0.29) is 11.7 Å². The van der Waals surface area contributed by atoms with Crippen LogP contribution >= 0.6 is 0 Å². The lowest BCUT2D eigenvalue weighted by Gasteiger charge is -2.15. The molecule has 114 valence electrons. The molecule has 2 heterocycles. The first-order valence-corrected chi connectivity index (χ1v) is 7.02. The first-order chi connectivity index (χ1) is 10.6. The van der Waals surface area contributed by atoms with Gasteiger partial charge in [0, 0.05) is 18.3 Å². The lowest BCUT2D eigenvalue weighted by Crippen LogP contribution is -2.29.